The van der Waals surface area contributed by atoms with Gasteiger partial charge in [0.2, 0.25) is 17.7 Å². The molecule has 2 aromatic rings. The van der Waals surface area contributed by atoms with Crippen LogP contribution in [0.4, 0.5) is 0 Å². The zero-order valence-corrected chi connectivity index (χ0v) is 25.3. The smallest absolute Gasteiger partial charge is 0.243 e. The number of ketones is 1. The van der Waals surface area contributed by atoms with Gasteiger partial charge in [0.15, 0.2) is 5.78 Å². The summed E-state index contributed by atoms with van der Waals surface area (Å²) in [5.74, 6) is -1.05. The molecule has 12 nitrogen and oxygen atoms in total. The number of rotatable bonds is 14. The lowest BCUT2D eigenvalue weighted by Crippen LogP contribution is -2.57. The molecule has 2 aromatic carbocycles. The predicted octanol–water partition coefficient (Wildman–Crippen LogP) is 0.517. The molecule has 2 aliphatic heterocycles. The van der Waals surface area contributed by atoms with Crippen molar-refractivity contribution in [3.63, 3.8) is 0 Å². The van der Waals surface area contributed by atoms with Gasteiger partial charge in [-0.2, -0.15) is 5.26 Å². The number of amides is 3. The van der Waals surface area contributed by atoms with E-state index < -0.39 is 35.5 Å². The van der Waals surface area contributed by atoms with Gasteiger partial charge in [0.05, 0.1) is 51.1 Å². The average Bonchev–Trinajstić information content (AvgIpc) is 3.79. The summed E-state index contributed by atoms with van der Waals surface area (Å²) >= 11 is 0. The zero-order chi connectivity index (χ0) is 31.7. The Morgan fingerprint density at radius 2 is 1.50 bits per heavy atom. The van der Waals surface area contributed by atoms with Crippen LogP contribution in [0.25, 0.3) is 0 Å². The standard InChI is InChI=1S/C32H39N5O7/c1-21(34-28(38)19-37-12-14-43-15-13-37)30(40)36-27(17-23-8-10-25(42-3)11-9-23)31(41)35-26(29(39)32(2)20-44-32)16-22-4-6-24(18-33)7-5-22/h4-11,21,26-27H,12-17,19-20H2,1-3H3,(H,34,38)(H,35,41)(H,36,40). The van der Waals surface area contributed by atoms with Crippen LogP contribution in [0.5, 0.6) is 5.75 Å². The summed E-state index contributed by atoms with van der Waals surface area (Å²) in [5.41, 5.74) is 0.979. The minimum Gasteiger partial charge on any atom is -0.497 e. The summed E-state index contributed by atoms with van der Waals surface area (Å²) < 4.78 is 15.9. The molecule has 0 saturated carbocycles. The van der Waals surface area contributed by atoms with Gasteiger partial charge in [-0.3, -0.25) is 24.1 Å². The molecule has 234 valence electrons. The minimum absolute atomic E-state index is 0.127. The molecule has 12 heteroatoms. The Morgan fingerprint density at radius 1 is 0.932 bits per heavy atom. The average molecular weight is 606 g/mol. The Hall–Kier alpha value is -4.31. The van der Waals surface area contributed by atoms with Gasteiger partial charge in [-0.15, -0.1) is 0 Å². The van der Waals surface area contributed by atoms with E-state index in [0.29, 0.717) is 37.6 Å². The molecule has 44 heavy (non-hydrogen) atoms. The first-order valence-electron chi connectivity index (χ1n) is 14.6. The van der Waals surface area contributed by atoms with Crippen LogP contribution in [0.15, 0.2) is 48.5 Å². The van der Waals surface area contributed by atoms with E-state index in [1.54, 1.807) is 69.5 Å². The molecule has 2 heterocycles. The summed E-state index contributed by atoms with van der Waals surface area (Å²) in [6.07, 6.45) is 0.300. The molecule has 0 aromatic heterocycles. The van der Waals surface area contributed by atoms with Crippen molar-refractivity contribution in [2.24, 2.45) is 0 Å². The van der Waals surface area contributed by atoms with Crippen molar-refractivity contribution < 1.29 is 33.4 Å². The molecular weight excluding hydrogens is 566 g/mol. The maximum atomic E-state index is 13.8. The number of carbonyl (C=O) groups excluding carboxylic acids is 4. The minimum atomic E-state index is -1.06. The highest BCUT2D eigenvalue weighted by molar-refractivity contribution is 5.98. The van der Waals surface area contributed by atoms with Crippen LogP contribution in [0, 0.1) is 11.3 Å². The molecule has 0 radical (unpaired) electrons. The van der Waals surface area contributed by atoms with E-state index in [1.165, 1.54) is 0 Å². The third kappa shape index (κ3) is 9.09. The highest BCUT2D eigenvalue weighted by atomic mass is 16.6. The van der Waals surface area contributed by atoms with Crippen LogP contribution in [0.3, 0.4) is 0 Å². The van der Waals surface area contributed by atoms with E-state index in [4.69, 9.17) is 19.5 Å². The molecule has 0 spiro atoms. The predicted molar refractivity (Wildman–Crippen MR) is 160 cm³/mol. The summed E-state index contributed by atoms with van der Waals surface area (Å²) in [4.78, 5) is 55.0. The van der Waals surface area contributed by atoms with Crippen molar-refractivity contribution in [3.8, 4) is 11.8 Å². The Labute approximate surface area is 257 Å². The lowest BCUT2D eigenvalue weighted by atomic mass is 9.94. The number of hydrogen-bond acceptors (Lipinski definition) is 9. The quantitative estimate of drug-likeness (QED) is 0.261. The van der Waals surface area contributed by atoms with Crippen molar-refractivity contribution in [2.75, 3.05) is 46.6 Å². The van der Waals surface area contributed by atoms with Crippen molar-refractivity contribution in [2.45, 2.75) is 50.4 Å². The summed E-state index contributed by atoms with van der Waals surface area (Å²) in [6.45, 7) is 5.96. The van der Waals surface area contributed by atoms with E-state index in [2.05, 4.69) is 22.0 Å². The molecule has 2 aliphatic rings. The molecule has 4 unspecified atom stereocenters. The monoisotopic (exact) mass is 605 g/mol. The number of Topliss-reactive ketones (excluding diaryl/α,β-unsaturated/α-hetero) is 1. The first-order chi connectivity index (χ1) is 21.1. The number of benzene rings is 2. The maximum Gasteiger partial charge on any atom is 0.243 e. The summed E-state index contributed by atoms with van der Waals surface area (Å²) in [6, 6.07) is 13.0. The van der Waals surface area contributed by atoms with Crippen LogP contribution in [0.2, 0.25) is 0 Å². The molecular formula is C32H39N5O7. The second-order valence-electron chi connectivity index (χ2n) is 11.2. The zero-order valence-electron chi connectivity index (χ0n) is 25.3. The first kappa shape index (κ1) is 32.6. The number of nitriles is 1. The molecule has 4 rings (SSSR count). The lowest BCUT2D eigenvalue weighted by Gasteiger charge is -2.27. The number of epoxide rings is 1. The molecule has 3 N–H and O–H groups in total. The topological polar surface area (TPSA) is 162 Å². The lowest BCUT2D eigenvalue weighted by molar-refractivity contribution is -0.134. The largest absolute Gasteiger partial charge is 0.497 e. The van der Waals surface area contributed by atoms with Crippen molar-refractivity contribution in [1.82, 2.24) is 20.9 Å². The SMILES string of the molecule is COc1ccc(CC(NC(=O)C(C)NC(=O)CN2CCOCC2)C(=O)NC(Cc2ccc(C#N)cc2)C(=O)C2(C)CO2)cc1. The molecule has 4 atom stereocenters. The Morgan fingerprint density at radius 3 is 2.07 bits per heavy atom. The van der Waals surface area contributed by atoms with Crippen molar-refractivity contribution >= 4 is 23.5 Å². The van der Waals surface area contributed by atoms with Crippen molar-refractivity contribution in [3.05, 3.63) is 65.2 Å². The van der Waals surface area contributed by atoms with Crippen LogP contribution >= 0.6 is 0 Å². The first-order valence-corrected chi connectivity index (χ1v) is 14.6. The second-order valence-corrected chi connectivity index (χ2v) is 11.2. The highest BCUT2D eigenvalue weighted by Crippen LogP contribution is 2.29. The molecule has 3 amide bonds. The Balaban J connectivity index is 1.48. The van der Waals surface area contributed by atoms with Gasteiger partial charge >= 0.3 is 0 Å². The van der Waals surface area contributed by atoms with Crippen molar-refractivity contribution in [1.29, 1.82) is 5.26 Å². The highest BCUT2D eigenvalue weighted by Gasteiger charge is 2.50. The van der Waals surface area contributed by atoms with Gasteiger partial charge in [-0.1, -0.05) is 24.3 Å². The van der Waals surface area contributed by atoms with Gasteiger partial charge in [0.25, 0.3) is 0 Å². The van der Waals surface area contributed by atoms with E-state index in [0.717, 1.165) is 11.1 Å². The fraction of sp³-hybridized carbons (Fsp3) is 0.469. The van der Waals surface area contributed by atoms with Gasteiger partial charge in [0, 0.05) is 19.5 Å². The number of hydrogen-bond donors (Lipinski definition) is 3. The number of nitrogens with one attached hydrogen (secondary N) is 3. The molecule has 2 fully saturated rings. The van der Waals surface area contributed by atoms with Crippen LogP contribution < -0.4 is 20.7 Å². The maximum absolute atomic E-state index is 13.8. The number of ether oxygens (including phenoxy) is 3. The molecule has 0 bridgehead atoms. The number of nitrogens with zero attached hydrogens (tertiary/aromatic N) is 2. The fourth-order valence-corrected chi connectivity index (χ4v) is 4.87. The number of methoxy groups -OCH3 is 1. The summed E-state index contributed by atoms with van der Waals surface area (Å²) in [7, 11) is 1.55. The second kappa shape index (κ2) is 14.9. The normalized spacial score (nSPS) is 19.9. The van der Waals surface area contributed by atoms with E-state index in [9.17, 15) is 19.2 Å². The summed E-state index contributed by atoms with van der Waals surface area (Å²) in [5, 5.41) is 17.4. The van der Waals surface area contributed by atoms with Gasteiger partial charge in [-0.25, -0.2) is 0 Å². The van der Waals surface area contributed by atoms with Gasteiger partial charge in [-0.05, 0) is 55.7 Å². The van der Waals surface area contributed by atoms with E-state index >= 15 is 0 Å². The van der Waals surface area contributed by atoms with E-state index in [1.807, 2.05) is 4.90 Å². The van der Waals surface area contributed by atoms with E-state index in [-0.39, 0.29) is 37.7 Å². The Kier molecular flexibility index (Phi) is 11.1. The molecule has 2 saturated heterocycles. The van der Waals surface area contributed by atoms with Gasteiger partial charge in [0.1, 0.15) is 23.4 Å². The van der Waals surface area contributed by atoms with Crippen LogP contribution in [0.1, 0.15) is 30.5 Å². The van der Waals surface area contributed by atoms with Crippen LogP contribution in [-0.2, 0) is 41.5 Å². The van der Waals surface area contributed by atoms with Crippen LogP contribution in [-0.4, -0.2) is 98.7 Å². The molecule has 0 aliphatic carbocycles. The Bertz CT molecular complexity index is 1360. The number of morpholine rings is 1. The number of carbonyl (C=O) groups is 4. The van der Waals surface area contributed by atoms with Gasteiger partial charge < -0.3 is 30.2 Å². The third-order valence-corrected chi connectivity index (χ3v) is 7.73. The third-order valence-electron chi connectivity index (χ3n) is 7.73. The fourth-order valence-electron chi connectivity index (χ4n) is 4.87.